The van der Waals surface area contributed by atoms with Gasteiger partial charge in [0.25, 0.3) is 0 Å². The Morgan fingerprint density at radius 3 is 2.71 bits per heavy atom. The molecule has 106 valence electrons. The van der Waals surface area contributed by atoms with Crippen LogP contribution in [0.3, 0.4) is 0 Å². The van der Waals surface area contributed by atoms with Gasteiger partial charge >= 0.3 is 0 Å². The molecule has 21 heavy (non-hydrogen) atoms. The minimum absolute atomic E-state index is 0.843. The average molecular weight is 344 g/mol. The molecule has 0 aliphatic rings. The van der Waals surface area contributed by atoms with Crippen molar-refractivity contribution in [1.29, 1.82) is 0 Å². The van der Waals surface area contributed by atoms with Crippen molar-refractivity contribution in [2.75, 3.05) is 12.4 Å². The molecule has 0 amide bonds. The number of hydrogen-bond acceptors (Lipinski definition) is 4. The Bertz CT molecular complexity index is 805. The quantitative estimate of drug-likeness (QED) is 0.762. The number of rotatable bonds is 3. The highest BCUT2D eigenvalue weighted by Crippen LogP contribution is 2.28. The van der Waals surface area contributed by atoms with Crippen LogP contribution in [0.5, 0.6) is 5.75 Å². The van der Waals surface area contributed by atoms with E-state index in [2.05, 4.69) is 31.2 Å². The third-order valence-electron chi connectivity index (χ3n) is 3.25. The van der Waals surface area contributed by atoms with Crippen LogP contribution >= 0.6 is 15.9 Å². The van der Waals surface area contributed by atoms with E-state index in [0.29, 0.717) is 0 Å². The van der Waals surface area contributed by atoms with Crippen LogP contribution in [0.2, 0.25) is 0 Å². The lowest BCUT2D eigenvalue weighted by atomic mass is 10.1. The molecule has 3 aromatic rings. The SMILES string of the molecule is COc1ccc(Nc2ccnc3cc(Br)cnc23)c(C)c1. The van der Waals surface area contributed by atoms with Gasteiger partial charge in [0.15, 0.2) is 0 Å². The van der Waals surface area contributed by atoms with Gasteiger partial charge < -0.3 is 10.1 Å². The van der Waals surface area contributed by atoms with Crippen molar-refractivity contribution in [3.63, 3.8) is 0 Å². The molecule has 1 aromatic carbocycles. The molecule has 4 nitrogen and oxygen atoms in total. The zero-order valence-electron chi connectivity index (χ0n) is 11.7. The number of halogens is 1. The number of pyridine rings is 2. The number of hydrogen-bond donors (Lipinski definition) is 1. The van der Waals surface area contributed by atoms with Crippen molar-refractivity contribution in [3.8, 4) is 5.75 Å². The molecule has 0 unspecified atom stereocenters. The number of fused-ring (bicyclic) bond motifs is 1. The molecule has 3 rings (SSSR count). The zero-order chi connectivity index (χ0) is 14.8. The van der Waals surface area contributed by atoms with Gasteiger partial charge in [0.2, 0.25) is 0 Å². The van der Waals surface area contributed by atoms with Gasteiger partial charge in [-0.2, -0.15) is 0 Å². The largest absolute Gasteiger partial charge is 0.497 e. The topological polar surface area (TPSA) is 47.0 Å². The first-order valence-corrected chi connectivity index (χ1v) is 7.28. The van der Waals surface area contributed by atoms with Crippen LogP contribution in [0, 0.1) is 6.92 Å². The molecule has 0 bridgehead atoms. The van der Waals surface area contributed by atoms with Gasteiger partial charge in [-0.25, -0.2) is 0 Å². The molecule has 1 N–H and O–H groups in total. The maximum atomic E-state index is 5.23. The molecular weight excluding hydrogens is 330 g/mol. The van der Waals surface area contributed by atoms with Gasteiger partial charge in [0, 0.05) is 22.6 Å². The van der Waals surface area contributed by atoms with E-state index in [1.54, 1.807) is 19.5 Å². The molecule has 0 saturated carbocycles. The Balaban J connectivity index is 2.02. The van der Waals surface area contributed by atoms with Crippen molar-refractivity contribution >= 4 is 38.3 Å². The van der Waals surface area contributed by atoms with Crippen LogP contribution < -0.4 is 10.1 Å². The molecule has 0 spiro atoms. The van der Waals surface area contributed by atoms with Crippen molar-refractivity contribution in [1.82, 2.24) is 9.97 Å². The predicted octanol–water partition coefficient (Wildman–Crippen LogP) is 4.45. The summed E-state index contributed by atoms with van der Waals surface area (Å²) in [7, 11) is 1.67. The van der Waals surface area contributed by atoms with E-state index in [-0.39, 0.29) is 0 Å². The molecule has 0 atom stereocenters. The molecule has 0 radical (unpaired) electrons. The smallest absolute Gasteiger partial charge is 0.119 e. The van der Waals surface area contributed by atoms with E-state index in [0.717, 1.165) is 38.2 Å². The lowest BCUT2D eigenvalue weighted by Crippen LogP contribution is -1.96. The second-order valence-corrected chi connectivity index (χ2v) is 5.60. The predicted molar refractivity (Wildman–Crippen MR) is 88.3 cm³/mol. The summed E-state index contributed by atoms with van der Waals surface area (Å²) in [4.78, 5) is 8.79. The van der Waals surface area contributed by atoms with Gasteiger partial charge in [0.05, 0.1) is 18.3 Å². The Labute approximate surface area is 131 Å². The van der Waals surface area contributed by atoms with Crippen molar-refractivity contribution in [2.24, 2.45) is 0 Å². The lowest BCUT2D eigenvalue weighted by Gasteiger charge is -2.12. The first-order chi connectivity index (χ1) is 10.2. The minimum atomic E-state index is 0.843. The van der Waals surface area contributed by atoms with Crippen molar-refractivity contribution < 1.29 is 4.74 Å². The van der Waals surface area contributed by atoms with Gasteiger partial charge in [-0.1, -0.05) is 0 Å². The number of aromatic nitrogens is 2. The highest BCUT2D eigenvalue weighted by molar-refractivity contribution is 9.10. The fourth-order valence-corrected chi connectivity index (χ4v) is 2.47. The van der Waals surface area contributed by atoms with Crippen LogP contribution in [0.1, 0.15) is 5.56 Å². The normalized spacial score (nSPS) is 10.6. The molecule has 0 fully saturated rings. The number of anilines is 2. The van der Waals surface area contributed by atoms with E-state index < -0.39 is 0 Å². The van der Waals surface area contributed by atoms with E-state index in [9.17, 15) is 0 Å². The molecule has 2 aromatic heterocycles. The van der Waals surface area contributed by atoms with Gasteiger partial charge in [-0.3, -0.25) is 9.97 Å². The minimum Gasteiger partial charge on any atom is -0.497 e. The second-order valence-electron chi connectivity index (χ2n) is 4.69. The summed E-state index contributed by atoms with van der Waals surface area (Å²) in [5, 5.41) is 3.41. The third kappa shape index (κ3) is 2.83. The number of nitrogens with one attached hydrogen (secondary N) is 1. The third-order valence-corrected chi connectivity index (χ3v) is 3.68. The summed E-state index contributed by atoms with van der Waals surface area (Å²) in [5.74, 6) is 0.847. The highest BCUT2D eigenvalue weighted by Gasteiger charge is 2.06. The molecule has 2 heterocycles. The molecular formula is C16H14BrN3O. The van der Waals surface area contributed by atoms with Crippen LogP contribution in [-0.2, 0) is 0 Å². The summed E-state index contributed by atoms with van der Waals surface area (Å²) < 4.78 is 6.15. The maximum absolute atomic E-state index is 5.23. The number of ether oxygens (including phenoxy) is 1. The molecule has 0 aliphatic carbocycles. The monoisotopic (exact) mass is 343 g/mol. The standard InChI is InChI=1S/C16H14BrN3O/c1-10-7-12(21-2)3-4-13(10)20-14-5-6-18-15-8-11(17)9-19-16(14)15/h3-9H,1-2H3,(H,18,20). The van der Waals surface area contributed by atoms with Gasteiger partial charge in [0.1, 0.15) is 11.3 Å². The lowest BCUT2D eigenvalue weighted by molar-refractivity contribution is 0.414. The van der Waals surface area contributed by atoms with Gasteiger partial charge in [-0.05, 0) is 58.7 Å². The molecule has 0 saturated heterocycles. The van der Waals surface area contributed by atoms with E-state index in [1.165, 1.54) is 0 Å². The van der Waals surface area contributed by atoms with E-state index in [4.69, 9.17) is 4.74 Å². The number of nitrogens with zero attached hydrogens (tertiary/aromatic N) is 2. The van der Waals surface area contributed by atoms with Crippen molar-refractivity contribution in [2.45, 2.75) is 6.92 Å². The number of aryl methyl sites for hydroxylation is 1. The maximum Gasteiger partial charge on any atom is 0.119 e. The summed E-state index contributed by atoms with van der Waals surface area (Å²) in [5.41, 5.74) is 4.75. The first-order valence-electron chi connectivity index (χ1n) is 6.49. The van der Waals surface area contributed by atoms with Crippen molar-refractivity contribution in [3.05, 3.63) is 52.8 Å². The number of benzene rings is 1. The first kappa shape index (κ1) is 13.8. The summed E-state index contributed by atoms with van der Waals surface area (Å²) >= 11 is 3.41. The Morgan fingerprint density at radius 2 is 1.95 bits per heavy atom. The van der Waals surface area contributed by atoms with Crippen LogP contribution in [0.25, 0.3) is 11.0 Å². The van der Waals surface area contributed by atoms with Crippen LogP contribution in [-0.4, -0.2) is 17.1 Å². The van der Waals surface area contributed by atoms with E-state index >= 15 is 0 Å². The number of methoxy groups -OCH3 is 1. The summed E-state index contributed by atoms with van der Waals surface area (Å²) in [6.07, 6.45) is 3.55. The Hall–Kier alpha value is -2.14. The highest BCUT2D eigenvalue weighted by atomic mass is 79.9. The average Bonchev–Trinajstić information content (AvgIpc) is 2.49. The molecule has 5 heteroatoms. The Morgan fingerprint density at radius 1 is 1.10 bits per heavy atom. The second kappa shape index (κ2) is 5.69. The van der Waals surface area contributed by atoms with Crippen LogP contribution in [0.15, 0.2) is 47.2 Å². The Kier molecular flexibility index (Phi) is 3.75. The summed E-state index contributed by atoms with van der Waals surface area (Å²) in [6, 6.07) is 9.80. The zero-order valence-corrected chi connectivity index (χ0v) is 13.3. The van der Waals surface area contributed by atoms with Crippen LogP contribution in [0.4, 0.5) is 11.4 Å². The van der Waals surface area contributed by atoms with Gasteiger partial charge in [-0.15, -0.1) is 0 Å². The molecule has 0 aliphatic heterocycles. The van der Waals surface area contributed by atoms with E-state index in [1.807, 2.05) is 37.3 Å². The fourth-order valence-electron chi connectivity index (χ4n) is 2.15. The summed E-state index contributed by atoms with van der Waals surface area (Å²) in [6.45, 7) is 2.04. The fraction of sp³-hybridized carbons (Fsp3) is 0.125.